The molecule has 6 nitrogen and oxygen atoms in total. The Morgan fingerprint density at radius 3 is 2.32 bits per heavy atom. The first kappa shape index (κ1) is 18.4. The van der Waals surface area contributed by atoms with Crippen LogP contribution in [0.25, 0.3) is 0 Å². The molecule has 0 spiro atoms. The van der Waals surface area contributed by atoms with E-state index in [1.807, 2.05) is 20.9 Å². The number of benzene rings is 1. The molecule has 1 aromatic carbocycles. The minimum Gasteiger partial charge on any atom is -0.495 e. The summed E-state index contributed by atoms with van der Waals surface area (Å²) in [5.41, 5.74) is 1.19. The average molecular weight is 366 g/mol. The van der Waals surface area contributed by atoms with Gasteiger partial charge in [0.25, 0.3) is 0 Å². The van der Waals surface area contributed by atoms with Crippen molar-refractivity contribution in [2.45, 2.75) is 37.0 Å². The number of likely N-dealkylation sites (N-methyl/N-ethyl adjacent to an activating group) is 1. The number of carbonyl (C=O) groups excluding carboxylic acids is 1. The fourth-order valence-corrected chi connectivity index (χ4v) is 5.24. The van der Waals surface area contributed by atoms with Crippen molar-refractivity contribution in [3.05, 3.63) is 23.3 Å². The van der Waals surface area contributed by atoms with E-state index in [0.29, 0.717) is 44.8 Å². The van der Waals surface area contributed by atoms with Gasteiger partial charge in [-0.2, -0.15) is 4.31 Å². The predicted molar refractivity (Wildman–Crippen MR) is 95.6 cm³/mol. The molecule has 1 aliphatic heterocycles. The lowest BCUT2D eigenvalue weighted by Crippen LogP contribution is -2.47. The molecule has 7 heteroatoms. The molecule has 0 unspecified atom stereocenters. The SMILES string of the molecule is COc1cc2c(cc1S(=O)(=O)N1CCN(C)CC1)CCC(=O)C2(C)C. The number of fused-ring (bicyclic) bond motifs is 1. The van der Waals surface area contributed by atoms with Crippen LogP contribution in [-0.4, -0.2) is 63.7 Å². The molecular formula is C18H26N2O4S. The van der Waals surface area contributed by atoms with Gasteiger partial charge >= 0.3 is 0 Å². The van der Waals surface area contributed by atoms with E-state index in [4.69, 9.17) is 4.74 Å². The molecule has 3 rings (SSSR count). The molecule has 2 aliphatic rings. The van der Waals surface area contributed by atoms with E-state index in [1.165, 1.54) is 11.4 Å². The number of methoxy groups -OCH3 is 1. The van der Waals surface area contributed by atoms with Gasteiger partial charge < -0.3 is 9.64 Å². The molecule has 0 aromatic heterocycles. The summed E-state index contributed by atoms with van der Waals surface area (Å²) in [5, 5.41) is 0. The van der Waals surface area contributed by atoms with Gasteiger partial charge in [0, 0.05) is 38.0 Å². The molecule has 1 saturated heterocycles. The van der Waals surface area contributed by atoms with Crippen LogP contribution >= 0.6 is 0 Å². The fourth-order valence-electron chi connectivity index (χ4n) is 3.63. The van der Waals surface area contributed by atoms with E-state index >= 15 is 0 Å². The van der Waals surface area contributed by atoms with Crippen molar-refractivity contribution >= 4 is 15.8 Å². The van der Waals surface area contributed by atoms with Gasteiger partial charge in [0.05, 0.1) is 7.11 Å². The average Bonchev–Trinajstić information content (AvgIpc) is 2.58. The molecule has 0 radical (unpaired) electrons. The number of rotatable bonds is 3. The van der Waals surface area contributed by atoms with Gasteiger partial charge in [-0.05, 0) is 50.6 Å². The molecule has 25 heavy (non-hydrogen) atoms. The monoisotopic (exact) mass is 366 g/mol. The molecule has 1 heterocycles. The van der Waals surface area contributed by atoms with Gasteiger partial charge in [-0.25, -0.2) is 8.42 Å². The molecular weight excluding hydrogens is 340 g/mol. The number of hydrogen-bond acceptors (Lipinski definition) is 5. The summed E-state index contributed by atoms with van der Waals surface area (Å²) in [5.74, 6) is 0.497. The molecule has 0 amide bonds. The van der Waals surface area contributed by atoms with Crippen LogP contribution in [0.5, 0.6) is 5.75 Å². The number of nitrogens with zero attached hydrogens (tertiary/aromatic N) is 2. The summed E-state index contributed by atoms with van der Waals surface area (Å²) in [6.45, 7) is 6.16. The Kier molecular flexibility index (Phi) is 4.68. The molecule has 1 aromatic rings. The quantitative estimate of drug-likeness (QED) is 0.809. The van der Waals surface area contributed by atoms with E-state index in [0.717, 1.165) is 11.1 Å². The standard InChI is InChI=1S/C18H26N2O4S/c1-18(2)14-12-15(24-4)16(11-13(14)5-6-17(18)21)25(22,23)20-9-7-19(3)8-10-20/h11-12H,5-10H2,1-4H3. The van der Waals surface area contributed by atoms with Gasteiger partial charge in [0.15, 0.2) is 0 Å². The van der Waals surface area contributed by atoms with Crippen LogP contribution in [-0.2, 0) is 26.7 Å². The number of Topliss-reactive ketones (excluding diaryl/α,β-unsaturated/α-hetero) is 1. The third-order valence-corrected chi connectivity index (χ3v) is 7.38. The summed E-state index contributed by atoms with van der Waals surface area (Å²) in [6.07, 6.45) is 1.02. The summed E-state index contributed by atoms with van der Waals surface area (Å²) >= 11 is 0. The smallest absolute Gasteiger partial charge is 0.246 e. The summed E-state index contributed by atoms with van der Waals surface area (Å²) < 4.78 is 33.2. The molecule has 0 bridgehead atoms. The van der Waals surface area contributed by atoms with Crippen LogP contribution in [0.1, 0.15) is 31.4 Å². The van der Waals surface area contributed by atoms with Crippen LogP contribution in [0, 0.1) is 0 Å². The Bertz CT molecular complexity index is 794. The Labute approximate surface area is 149 Å². The van der Waals surface area contributed by atoms with E-state index < -0.39 is 15.4 Å². The number of piperazine rings is 1. The van der Waals surface area contributed by atoms with Crippen molar-refractivity contribution in [2.75, 3.05) is 40.3 Å². The zero-order chi connectivity index (χ0) is 18.4. The fraction of sp³-hybridized carbons (Fsp3) is 0.611. The Balaban J connectivity index is 2.07. The van der Waals surface area contributed by atoms with Crippen molar-refractivity contribution in [1.82, 2.24) is 9.21 Å². The third kappa shape index (κ3) is 3.09. The van der Waals surface area contributed by atoms with Gasteiger partial charge in [-0.3, -0.25) is 4.79 Å². The molecule has 1 aliphatic carbocycles. The van der Waals surface area contributed by atoms with Gasteiger partial charge in [-0.1, -0.05) is 0 Å². The highest BCUT2D eigenvalue weighted by Gasteiger charge is 2.38. The van der Waals surface area contributed by atoms with Crippen molar-refractivity contribution in [1.29, 1.82) is 0 Å². The Morgan fingerprint density at radius 1 is 1.08 bits per heavy atom. The summed E-state index contributed by atoms with van der Waals surface area (Å²) in [6, 6.07) is 3.46. The summed E-state index contributed by atoms with van der Waals surface area (Å²) in [7, 11) is -0.153. The predicted octanol–water partition coefficient (Wildman–Crippen LogP) is 1.42. The maximum absolute atomic E-state index is 13.1. The maximum atomic E-state index is 13.1. The zero-order valence-electron chi connectivity index (χ0n) is 15.3. The van der Waals surface area contributed by atoms with Crippen molar-refractivity contribution in [2.24, 2.45) is 0 Å². The lowest BCUT2D eigenvalue weighted by Gasteiger charge is -2.34. The second-order valence-electron chi connectivity index (χ2n) is 7.42. The first-order valence-corrected chi connectivity index (χ1v) is 10.1. The van der Waals surface area contributed by atoms with Gasteiger partial charge in [0.1, 0.15) is 16.4 Å². The van der Waals surface area contributed by atoms with E-state index in [9.17, 15) is 13.2 Å². The van der Waals surface area contributed by atoms with Gasteiger partial charge in [-0.15, -0.1) is 0 Å². The first-order valence-electron chi connectivity index (χ1n) is 8.61. The molecule has 0 N–H and O–H groups in total. The molecule has 0 atom stereocenters. The third-order valence-electron chi connectivity index (χ3n) is 5.46. The van der Waals surface area contributed by atoms with Crippen LogP contribution in [0.4, 0.5) is 0 Å². The highest BCUT2D eigenvalue weighted by atomic mass is 32.2. The normalized spacial score (nSPS) is 21.8. The second-order valence-corrected chi connectivity index (χ2v) is 9.32. The number of sulfonamides is 1. The lowest BCUT2D eigenvalue weighted by atomic mass is 9.72. The number of carbonyl (C=O) groups is 1. The van der Waals surface area contributed by atoms with Crippen LogP contribution in [0.15, 0.2) is 17.0 Å². The topological polar surface area (TPSA) is 66.9 Å². The lowest BCUT2D eigenvalue weighted by molar-refractivity contribution is -0.124. The molecule has 1 fully saturated rings. The van der Waals surface area contributed by atoms with Crippen LogP contribution in [0.2, 0.25) is 0 Å². The molecule has 138 valence electrons. The van der Waals surface area contributed by atoms with Crippen LogP contribution < -0.4 is 4.74 Å². The zero-order valence-corrected chi connectivity index (χ0v) is 16.1. The second kappa shape index (κ2) is 6.37. The van der Waals surface area contributed by atoms with Crippen molar-refractivity contribution in [3.63, 3.8) is 0 Å². The minimum atomic E-state index is -3.62. The van der Waals surface area contributed by atoms with Crippen molar-refractivity contribution < 1.29 is 17.9 Å². The van der Waals surface area contributed by atoms with Gasteiger partial charge in [0.2, 0.25) is 10.0 Å². The van der Waals surface area contributed by atoms with Crippen LogP contribution in [0.3, 0.4) is 0 Å². The van der Waals surface area contributed by atoms with Crippen molar-refractivity contribution in [3.8, 4) is 5.75 Å². The number of ketones is 1. The number of ether oxygens (including phenoxy) is 1. The number of hydrogen-bond donors (Lipinski definition) is 0. The summed E-state index contributed by atoms with van der Waals surface area (Å²) in [4.78, 5) is 14.6. The highest BCUT2D eigenvalue weighted by Crippen LogP contribution is 2.40. The van der Waals surface area contributed by atoms with E-state index in [1.54, 1.807) is 12.1 Å². The first-order chi connectivity index (χ1) is 11.7. The Hall–Kier alpha value is -1.44. The largest absolute Gasteiger partial charge is 0.495 e. The number of aryl methyl sites for hydroxylation is 1. The van der Waals surface area contributed by atoms with E-state index in [-0.39, 0.29) is 10.7 Å². The Morgan fingerprint density at radius 2 is 1.72 bits per heavy atom. The maximum Gasteiger partial charge on any atom is 0.246 e. The van der Waals surface area contributed by atoms with E-state index in [2.05, 4.69) is 4.90 Å². The highest BCUT2D eigenvalue weighted by molar-refractivity contribution is 7.89. The minimum absolute atomic E-state index is 0.178. The molecule has 0 saturated carbocycles.